The van der Waals surface area contributed by atoms with Crippen LogP contribution in [0.5, 0.6) is 5.75 Å². The standard InChI is InChI=1S/C16H19N3O3/c1-3-4-14-17-16(18-22-14)11-9-15(20)19(10-11)12-5-7-13(21-2)8-6-12/h5-8,11H,3-4,9-10H2,1-2H3. The maximum atomic E-state index is 12.3. The molecule has 0 N–H and O–H groups in total. The minimum Gasteiger partial charge on any atom is -0.497 e. The molecule has 0 radical (unpaired) electrons. The number of benzene rings is 1. The first-order chi connectivity index (χ1) is 10.7. The number of carbonyl (C=O) groups excluding carboxylic acids is 1. The van der Waals surface area contributed by atoms with Crippen molar-refractivity contribution in [1.29, 1.82) is 0 Å². The van der Waals surface area contributed by atoms with Crippen LogP contribution >= 0.6 is 0 Å². The van der Waals surface area contributed by atoms with Gasteiger partial charge < -0.3 is 14.2 Å². The largest absolute Gasteiger partial charge is 0.497 e. The van der Waals surface area contributed by atoms with Gasteiger partial charge in [-0.25, -0.2) is 0 Å². The Morgan fingerprint density at radius 3 is 2.82 bits per heavy atom. The van der Waals surface area contributed by atoms with Crippen molar-refractivity contribution in [3.8, 4) is 5.75 Å². The molecule has 0 aliphatic carbocycles. The molecule has 6 nitrogen and oxygen atoms in total. The molecule has 6 heteroatoms. The minimum atomic E-state index is -0.0102. The van der Waals surface area contributed by atoms with Gasteiger partial charge in [0, 0.05) is 31.0 Å². The third-order valence-corrected chi connectivity index (χ3v) is 3.82. The number of nitrogens with zero attached hydrogens (tertiary/aromatic N) is 3. The average molecular weight is 301 g/mol. The molecule has 0 spiro atoms. The van der Waals surface area contributed by atoms with E-state index in [0.717, 1.165) is 24.3 Å². The zero-order valence-electron chi connectivity index (χ0n) is 12.8. The normalized spacial score (nSPS) is 18.0. The maximum Gasteiger partial charge on any atom is 0.227 e. The Morgan fingerprint density at radius 2 is 2.14 bits per heavy atom. The van der Waals surface area contributed by atoms with Crippen LogP contribution in [0.4, 0.5) is 5.69 Å². The van der Waals surface area contributed by atoms with Crippen LogP contribution in [-0.2, 0) is 11.2 Å². The molecular formula is C16H19N3O3. The Balaban J connectivity index is 1.74. The fourth-order valence-corrected chi connectivity index (χ4v) is 2.64. The van der Waals surface area contributed by atoms with Gasteiger partial charge in [0.1, 0.15) is 5.75 Å². The van der Waals surface area contributed by atoms with Crippen molar-refractivity contribution in [1.82, 2.24) is 10.1 Å². The van der Waals surface area contributed by atoms with E-state index in [1.807, 2.05) is 24.3 Å². The molecule has 1 aromatic carbocycles. The van der Waals surface area contributed by atoms with Gasteiger partial charge in [-0.2, -0.15) is 4.98 Å². The highest BCUT2D eigenvalue weighted by atomic mass is 16.5. The molecule has 1 aliphatic heterocycles. The van der Waals surface area contributed by atoms with Crippen LogP contribution in [0.25, 0.3) is 0 Å². The molecule has 1 aliphatic rings. The number of aromatic nitrogens is 2. The van der Waals surface area contributed by atoms with Crippen LogP contribution in [0.1, 0.15) is 37.4 Å². The van der Waals surface area contributed by atoms with Gasteiger partial charge >= 0.3 is 0 Å². The van der Waals surface area contributed by atoms with E-state index >= 15 is 0 Å². The Morgan fingerprint density at radius 1 is 1.36 bits per heavy atom. The Hall–Kier alpha value is -2.37. The number of hydrogen-bond acceptors (Lipinski definition) is 5. The lowest BCUT2D eigenvalue weighted by molar-refractivity contribution is -0.117. The first-order valence-corrected chi connectivity index (χ1v) is 7.48. The zero-order valence-corrected chi connectivity index (χ0v) is 12.8. The summed E-state index contributed by atoms with van der Waals surface area (Å²) >= 11 is 0. The number of ether oxygens (including phenoxy) is 1. The maximum absolute atomic E-state index is 12.3. The van der Waals surface area contributed by atoms with Gasteiger partial charge in [0.25, 0.3) is 0 Å². The molecule has 116 valence electrons. The quantitative estimate of drug-likeness (QED) is 0.849. The van der Waals surface area contributed by atoms with Gasteiger partial charge in [0.15, 0.2) is 5.82 Å². The number of hydrogen-bond donors (Lipinski definition) is 0. The van der Waals surface area contributed by atoms with E-state index in [1.54, 1.807) is 12.0 Å². The summed E-state index contributed by atoms with van der Waals surface area (Å²) in [7, 11) is 1.62. The summed E-state index contributed by atoms with van der Waals surface area (Å²) < 4.78 is 10.4. The van der Waals surface area contributed by atoms with E-state index in [9.17, 15) is 4.79 Å². The highest BCUT2D eigenvalue weighted by Crippen LogP contribution is 2.31. The molecule has 1 amide bonds. The second-order valence-corrected chi connectivity index (χ2v) is 5.40. The molecule has 1 saturated heterocycles. The number of anilines is 1. The topological polar surface area (TPSA) is 68.5 Å². The van der Waals surface area contributed by atoms with E-state index < -0.39 is 0 Å². The van der Waals surface area contributed by atoms with Crippen molar-refractivity contribution < 1.29 is 14.1 Å². The first kappa shape index (κ1) is 14.6. The lowest BCUT2D eigenvalue weighted by Crippen LogP contribution is -2.24. The van der Waals surface area contributed by atoms with Gasteiger partial charge in [0.05, 0.1) is 7.11 Å². The van der Waals surface area contributed by atoms with Crippen LogP contribution < -0.4 is 9.64 Å². The molecule has 2 heterocycles. The van der Waals surface area contributed by atoms with Gasteiger partial charge in [-0.1, -0.05) is 12.1 Å². The van der Waals surface area contributed by atoms with Crippen molar-refractivity contribution in [2.75, 3.05) is 18.6 Å². The fraction of sp³-hybridized carbons (Fsp3) is 0.438. The van der Waals surface area contributed by atoms with Crippen molar-refractivity contribution >= 4 is 11.6 Å². The van der Waals surface area contributed by atoms with E-state index in [-0.39, 0.29) is 11.8 Å². The minimum absolute atomic E-state index is 0.0102. The predicted molar refractivity (Wildman–Crippen MR) is 81.0 cm³/mol. The summed E-state index contributed by atoms with van der Waals surface area (Å²) in [5, 5.41) is 4.02. The van der Waals surface area contributed by atoms with E-state index in [2.05, 4.69) is 17.1 Å². The van der Waals surface area contributed by atoms with Crippen LogP contribution in [0.2, 0.25) is 0 Å². The third-order valence-electron chi connectivity index (χ3n) is 3.82. The van der Waals surface area contributed by atoms with Crippen LogP contribution in [0, 0.1) is 0 Å². The Kier molecular flexibility index (Phi) is 4.09. The lowest BCUT2D eigenvalue weighted by atomic mass is 10.1. The molecule has 3 rings (SSSR count). The van der Waals surface area contributed by atoms with E-state index in [4.69, 9.17) is 9.26 Å². The summed E-state index contributed by atoms with van der Waals surface area (Å²) in [6.07, 6.45) is 2.15. The number of aryl methyl sites for hydroxylation is 1. The molecule has 1 fully saturated rings. The second kappa shape index (κ2) is 6.17. The summed E-state index contributed by atoms with van der Waals surface area (Å²) in [4.78, 5) is 18.4. The number of methoxy groups -OCH3 is 1. The van der Waals surface area contributed by atoms with Crippen molar-refractivity contribution in [2.45, 2.75) is 32.1 Å². The highest BCUT2D eigenvalue weighted by Gasteiger charge is 2.34. The Labute approximate surface area is 129 Å². The summed E-state index contributed by atoms with van der Waals surface area (Å²) in [6, 6.07) is 7.48. The van der Waals surface area contributed by atoms with Gasteiger partial charge in [-0.3, -0.25) is 4.79 Å². The smallest absolute Gasteiger partial charge is 0.227 e. The fourth-order valence-electron chi connectivity index (χ4n) is 2.64. The predicted octanol–water partition coefficient (Wildman–Crippen LogP) is 2.55. The average Bonchev–Trinajstić information content (AvgIpc) is 3.14. The second-order valence-electron chi connectivity index (χ2n) is 5.40. The van der Waals surface area contributed by atoms with Gasteiger partial charge in [-0.05, 0) is 30.7 Å². The number of rotatable bonds is 5. The molecule has 1 unspecified atom stereocenters. The van der Waals surface area contributed by atoms with Crippen LogP contribution in [0.15, 0.2) is 28.8 Å². The van der Waals surface area contributed by atoms with E-state index in [0.29, 0.717) is 24.7 Å². The first-order valence-electron chi connectivity index (χ1n) is 7.48. The van der Waals surface area contributed by atoms with Crippen LogP contribution in [-0.4, -0.2) is 29.7 Å². The number of amides is 1. The number of carbonyl (C=O) groups is 1. The van der Waals surface area contributed by atoms with Gasteiger partial charge in [-0.15, -0.1) is 0 Å². The molecule has 1 aromatic heterocycles. The molecule has 1 atom stereocenters. The molecule has 0 saturated carbocycles. The lowest BCUT2D eigenvalue weighted by Gasteiger charge is -2.16. The molecule has 0 bridgehead atoms. The summed E-state index contributed by atoms with van der Waals surface area (Å²) in [5.41, 5.74) is 0.866. The van der Waals surface area contributed by atoms with E-state index in [1.165, 1.54) is 0 Å². The summed E-state index contributed by atoms with van der Waals surface area (Å²) in [5.74, 6) is 2.12. The monoisotopic (exact) mass is 301 g/mol. The van der Waals surface area contributed by atoms with Gasteiger partial charge in [0.2, 0.25) is 11.8 Å². The molecular weight excluding hydrogens is 282 g/mol. The van der Waals surface area contributed by atoms with Crippen molar-refractivity contribution in [3.63, 3.8) is 0 Å². The highest BCUT2D eigenvalue weighted by molar-refractivity contribution is 5.96. The molecule has 22 heavy (non-hydrogen) atoms. The SMILES string of the molecule is CCCc1nc(C2CC(=O)N(c3ccc(OC)cc3)C2)no1. The molecule has 2 aromatic rings. The zero-order chi connectivity index (χ0) is 15.5. The third kappa shape index (κ3) is 2.81. The Bertz CT molecular complexity index is 651. The van der Waals surface area contributed by atoms with Crippen molar-refractivity contribution in [2.24, 2.45) is 0 Å². The van der Waals surface area contributed by atoms with Crippen LogP contribution in [0.3, 0.4) is 0 Å². The van der Waals surface area contributed by atoms with Crippen molar-refractivity contribution in [3.05, 3.63) is 36.0 Å². The summed E-state index contributed by atoms with van der Waals surface area (Å²) in [6.45, 7) is 2.64.